The van der Waals surface area contributed by atoms with Gasteiger partial charge in [0, 0.05) is 43.9 Å². The summed E-state index contributed by atoms with van der Waals surface area (Å²) in [6.45, 7) is 2.87. The summed E-state index contributed by atoms with van der Waals surface area (Å²) in [5.41, 5.74) is 2.26. The van der Waals surface area contributed by atoms with Crippen LogP contribution in [0.5, 0.6) is 0 Å². The maximum Gasteiger partial charge on any atom is 0.347 e. The number of benzene rings is 1. The molecule has 4 rings (SSSR count). The molecule has 3 aromatic rings. The Bertz CT molecular complexity index is 1070. The summed E-state index contributed by atoms with van der Waals surface area (Å²) in [6.07, 6.45) is 7.33. The van der Waals surface area contributed by atoms with Gasteiger partial charge in [-0.1, -0.05) is 12.1 Å². The SMILES string of the molecule is O=C(NCc1ccnc(N2CCCC2)c1)Nc1cccc(Cn2cccnc2=O)c1. The topological polar surface area (TPSA) is 92.2 Å². The van der Waals surface area contributed by atoms with Crippen LogP contribution in [0.2, 0.25) is 0 Å². The molecule has 2 aromatic heterocycles. The van der Waals surface area contributed by atoms with Gasteiger partial charge >= 0.3 is 11.7 Å². The van der Waals surface area contributed by atoms with E-state index < -0.39 is 0 Å². The third-order valence-electron chi connectivity index (χ3n) is 5.01. The van der Waals surface area contributed by atoms with Crippen molar-refractivity contribution in [3.8, 4) is 0 Å². The number of nitrogens with zero attached hydrogens (tertiary/aromatic N) is 4. The van der Waals surface area contributed by atoms with Crippen molar-refractivity contribution >= 4 is 17.5 Å². The number of carbonyl (C=O) groups excluding carboxylic acids is 1. The first-order chi connectivity index (χ1) is 14.7. The molecule has 1 saturated heterocycles. The first-order valence-corrected chi connectivity index (χ1v) is 10.0. The second-order valence-corrected chi connectivity index (χ2v) is 7.25. The summed E-state index contributed by atoms with van der Waals surface area (Å²) < 4.78 is 1.51. The summed E-state index contributed by atoms with van der Waals surface area (Å²) in [7, 11) is 0. The second-order valence-electron chi connectivity index (χ2n) is 7.25. The van der Waals surface area contributed by atoms with Crippen LogP contribution in [0.4, 0.5) is 16.3 Å². The fourth-order valence-corrected chi connectivity index (χ4v) is 3.50. The van der Waals surface area contributed by atoms with Gasteiger partial charge in [-0.15, -0.1) is 0 Å². The Morgan fingerprint density at radius 3 is 2.70 bits per heavy atom. The molecule has 3 heterocycles. The van der Waals surface area contributed by atoms with Crippen molar-refractivity contribution in [2.24, 2.45) is 0 Å². The first-order valence-electron chi connectivity index (χ1n) is 10.0. The molecule has 0 atom stereocenters. The normalized spacial score (nSPS) is 13.3. The Hall–Kier alpha value is -3.68. The van der Waals surface area contributed by atoms with Crippen LogP contribution in [0, 0.1) is 0 Å². The number of nitrogens with one attached hydrogen (secondary N) is 2. The van der Waals surface area contributed by atoms with Crippen molar-refractivity contribution in [2.45, 2.75) is 25.9 Å². The number of rotatable bonds is 6. The number of carbonyl (C=O) groups is 1. The van der Waals surface area contributed by atoms with E-state index in [1.54, 1.807) is 18.5 Å². The van der Waals surface area contributed by atoms with Gasteiger partial charge < -0.3 is 15.5 Å². The molecule has 1 aliphatic heterocycles. The van der Waals surface area contributed by atoms with Crippen molar-refractivity contribution in [2.75, 3.05) is 23.3 Å². The van der Waals surface area contributed by atoms with Gasteiger partial charge in [-0.05, 0) is 54.3 Å². The predicted octanol–water partition coefficient (Wildman–Crippen LogP) is 2.61. The van der Waals surface area contributed by atoms with Crippen LogP contribution in [0.3, 0.4) is 0 Å². The zero-order valence-corrected chi connectivity index (χ0v) is 16.6. The lowest BCUT2D eigenvalue weighted by atomic mass is 10.2. The van der Waals surface area contributed by atoms with Gasteiger partial charge in [0.05, 0.1) is 6.54 Å². The van der Waals surface area contributed by atoms with Crippen LogP contribution in [-0.4, -0.2) is 33.7 Å². The molecule has 154 valence electrons. The highest BCUT2D eigenvalue weighted by atomic mass is 16.2. The Morgan fingerprint density at radius 2 is 1.87 bits per heavy atom. The minimum absolute atomic E-state index is 0.287. The highest BCUT2D eigenvalue weighted by molar-refractivity contribution is 5.89. The number of hydrogen-bond acceptors (Lipinski definition) is 5. The molecule has 8 nitrogen and oxygen atoms in total. The lowest BCUT2D eigenvalue weighted by Gasteiger charge is -2.17. The van der Waals surface area contributed by atoms with E-state index >= 15 is 0 Å². The minimum atomic E-state index is -0.306. The van der Waals surface area contributed by atoms with Gasteiger partial charge in [-0.3, -0.25) is 4.57 Å². The van der Waals surface area contributed by atoms with E-state index in [2.05, 4.69) is 25.5 Å². The maximum absolute atomic E-state index is 12.3. The van der Waals surface area contributed by atoms with E-state index in [0.29, 0.717) is 18.8 Å². The maximum atomic E-state index is 12.3. The third kappa shape index (κ3) is 5.02. The molecule has 0 radical (unpaired) electrons. The van der Waals surface area contributed by atoms with Crippen LogP contribution in [0.15, 0.2) is 65.8 Å². The number of urea groups is 1. The molecule has 2 N–H and O–H groups in total. The molecule has 0 bridgehead atoms. The molecular formula is C22H24N6O2. The monoisotopic (exact) mass is 404 g/mol. The number of amides is 2. The molecule has 1 fully saturated rings. The Morgan fingerprint density at radius 1 is 1.00 bits per heavy atom. The number of pyridine rings is 1. The van der Waals surface area contributed by atoms with Gasteiger partial charge in [0.25, 0.3) is 0 Å². The molecule has 8 heteroatoms. The Balaban J connectivity index is 1.34. The van der Waals surface area contributed by atoms with Crippen LogP contribution < -0.4 is 21.2 Å². The fourth-order valence-electron chi connectivity index (χ4n) is 3.50. The average molecular weight is 404 g/mol. The third-order valence-corrected chi connectivity index (χ3v) is 5.01. The molecule has 2 amide bonds. The molecule has 0 spiro atoms. The first kappa shape index (κ1) is 19.6. The average Bonchev–Trinajstić information content (AvgIpc) is 3.30. The highest BCUT2D eigenvalue weighted by Crippen LogP contribution is 2.18. The highest BCUT2D eigenvalue weighted by Gasteiger charge is 2.13. The molecule has 30 heavy (non-hydrogen) atoms. The van der Waals surface area contributed by atoms with Gasteiger partial charge in [-0.25, -0.2) is 19.6 Å². The van der Waals surface area contributed by atoms with Crippen molar-refractivity contribution in [3.63, 3.8) is 0 Å². The molecule has 1 aromatic carbocycles. The summed E-state index contributed by atoms with van der Waals surface area (Å²) >= 11 is 0. The van der Waals surface area contributed by atoms with Crippen LogP contribution in [0.25, 0.3) is 0 Å². The summed E-state index contributed by atoms with van der Waals surface area (Å²) in [5, 5.41) is 5.73. The number of anilines is 2. The van der Waals surface area contributed by atoms with Crippen LogP contribution in [0.1, 0.15) is 24.0 Å². The zero-order valence-electron chi connectivity index (χ0n) is 16.6. The van der Waals surface area contributed by atoms with E-state index in [0.717, 1.165) is 30.0 Å². The number of hydrogen-bond donors (Lipinski definition) is 2. The smallest absolute Gasteiger partial charge is 0.347 e. The van der Waals surface area contributed by atoms with Gasteiger partial charge in [0.1, 0.15) is 5.82 Å². The summed E-state index contributed by atoms with van der Waals surface area (Å²) in [6, 6.07) is 12.8. The van der Waals surface area contributed by atoms with Crippen LogP contribution in [-0.2, 0) is 13.1 Å². The summed E-state index contributed by atoms with van der Waals surface area (Å²) in [5.74, 6) is 0.963. The largest absolute Gasteiger partial charge is 0.357 e. The Labute approximate surface area is 174 Å². The molecular weight excluding hydrogens is 380 g/mol. The van der Waals surface area contributed by atoms with E-state index in [1.165, 1.54) is 23.6 Å². The standard InChI is InChI=1S/C22H24N6O2/c29-21(25-15-17-7-9-23-20(14-17)27-10-1-2-11-27)26-19-6-3-5-18(13-19)16-28-12-4-8-24-22(28)30/h3-9,12-14H,1-2,10-11,15-16H2,(H2,25,26,29). The van der Waals surface area contributed by atoms with Gasteiger partial charge in [-0.2, -0.15) is 0 Å². The second kappa shape index (κ2) is 9.21. The van der Waals surface area contributed by atoms with E-state index in [9.17, 15) is 9.59 Å². The Kier molecular flexibility index (Phi) is 6.03. The zero-order chi connectivity index (χ0) is 20.8. The lowest BCUT2D eigenvalue weighted by molar-refractivity contribution is 0.251. The van der Waals surface area contributed by atoms with E-state index in [-0.39, 0.29) is 11.7 Å². The number of aromatic nitrogens is 3. The van der Waals surface area contributed by atoms with E-state index in [1.807, 2.05) is 36.4 Å². The molecule has 1 aliphatic rings. The molecule has 0 aliphatic carbocycles. The van der Waals surface area contributed by atoms with Crippen molar-refractivity contribution in [1.29, 1.82) is 0 Å². The van der Waals surface area contributed by atoms with Crippen LogP contribution >= 0.6 is 0 Å². The summed E-state index contributed by atoms with van der Waals surface area (Å²) in [4.78, 5) is 34.6. The quantitative estimate of drug-likeness (QED) is 0.659. The van der Waals surface area contributed by atoms with Gasteiger partial charge in [0.2, 0.25) is 0 Å². The lowest BCUT2D eigenvalue weighted by Crippen LogP contribution is -2.28. The van der Waals surface area contributed by atoms with Crippen molar-refractivity contribution in [1.82, 2.24) is 19.9 Å². The van der Waals surface area contributed by atoms with Crippen molar-refractivity contribution in [3.05, 3.63) is 82.7 Å². The predicted molar refractivity (Wildman–Crippen MR) is 116 cm³/mol. The fraction of sp³-hybridized carbons (Fsp3) is 0.273. The van der Waals surface area contributed by atoms with Gasteiger partial charge in [0.15, 0.2) is 0 Å². The molecule has 0 unspecified atom stereocenters. The minimum Gasteiger partial charge on any atom is -0.357 e. The van der Waals surface area contributed by atoms with E-state index in [4.69, 9.17) is 0 Å². The molecule has 0 saturated carbocycles. The van der Waals surface area contributed by atoms with Crippen molar-refractivity contribution < 1.29 is 4.79 Å².